The van der Waals surface area contributed by atoms with Gasteiger partial charge in [0.05, 0.1) is 6.61 Å². The molecule has 1 aromatic carbocycles. The summed E-state index contributed by atoms with van der Waals surface area (Å²) in [7, 11) is 1.37. The number of hydrogen-bond donors (Lipinski definition) is 3. The number of rotatable bonds is 5. The van der Waals surface area contributed by atoms with Crippen molar-refractivity contribution in [2.75, 3.05) is 19.0 Å². The summed E-state index contributed by atoms with van der Waals surface area (Å²) in [5.41, 5.74) is -0.250. The first-order chi connectivity index (χ1) is 12.5. The Balaban J connectivity index is 1.80. The van der Waals surface area contributed by atoms with Gasteiger partial charge in [0.2, 0.25) is 0 Å². The summed E-state index contributed by atoms with van der Waals surface area (Å²) in [5, 5.41) is 21.9. The highest BCUT2D eigenvalue weighted by molar-refractivity contribution is 6.03. The minimum absolute atomic E-state index is 0.0892. The van der Waals surface area contributed by atoms with Gasteiger partial charge in [0, 0.05) is 18.9 Å². The van der Waals surface area contributed by atoms with Gasteiger partial charge in [0.25, 0.3) is 5.91 Å². The van der Waals surface area contributed by atoms with Crippen molar-refractivity contribution in [1.29, 1.82) is 0 Å². The molecule has 3 rings (SSSR count). The van der Waals surface area contributed by atoms with E-state index in [1.807, 2.05) is 0 Å². The molecule has 1 aliphatic heterocycles. The Labute approximate surface area is 148 Å². The second-order valence-electron chi connectivity index (χ2n) is 5.76. The van der Waals surface area contributed by atoms with Crippen LogP contribution in [0.3, 0.4) is 0 Å². The molecule has 1 saturated heterocycles. The Bertz CT molecular complexity index is 825. The zero-order valence-corrected chi connectivity index (χ0v) is 14.0. The third-order valence-corrected chi connectivity index (χ3v) is 4.15. The van der Waals surface area contributed by atoms with E-state index in [0.29, 0.717) is 5.56 Å². The van der Waals surface area contributed by atoms with Crippen LogP contribution in [0.4, 0.5) is 5.82 Å². The predicted molar refractivity (Wildman–Crippen MR) is 90.7 cm³/mol. The summed E-state index contributed by atoms with van der Waals surface area (Å²) in [6.07, 6.45) is -2.34. The first-order valence-corrected chi connectivity index (χ1v) is 7.98. The van der Waals surface area contributed by atoms with Gasteiger partial charge in [-0.25, -0.2) is 4.79 Å². The number of ether oxygens (including phenoxy) is 2. The summed E-state index contributed by atoms with van der Waals surface area (Å²) in [6, 6.07) is 9.97. The Kier molecular flexibility index (Phi) is 5.43. The van der Waals surface area contributed by atoms with Crippen molar-refractivity contribution >= 4 is 11.7 Å². The maximum absolute atomic E-state index is 12.3. The van der Waals surface area contributed by atoms with E-state index in [2.05, 4.69) is 10.3 Å². The minimum Gasteiger partial charge on any atom is -0.394 e. The third kappa shape index (κ3) is 3.51. The lowest BCUT2D eigenvalue weighted by Crippen LogP contribution is -2.37. The van der Waals surface area contributed by atoms with Crippen molar-refractivity contribution in [3.8, 4) is 0 Å². The largest absolute Gasteiger partial charge is 0.394 e. The van der Waals surface area contributed by atoms with Crippen molar-refractivity contribution in [1.82, 2.24) is 9.55 Å². The van der Waals surface area contributed by atoms with Crippen molar-refractivity contribution in [3.05, 3.63) is 58.6 Å². The summed E-state index contributed by atoms with van der Waals surface area (Å²) in [4.78, 5) is 28.3. The molecule has 1 amide bonds. The normalized spacial score (nSPS) is 25.2. The van der Waals surface area contributed by atoms with E-state index in [0.717, 1.165) is 4.57 Å². The van der Waals surface area contributed by atoms with Crippen LogP contribution in [-0.4, -0.2) is 57.7 Å². The lowest BCUT2D eigenvalue weighted by molar-refractivity contribution is -0.0624. The Hall–Kier alpha value is -2.59. The second kappa shape index (κ2) is 7.75. The number of anilines is 1. The molecule has 0 saturated carbocycles. The van der Waals surface area contributed by atoms with Crippen molar-refractivity contribution in [3.63, 3.8) is 0 Å². The molecule has 1 fully saturated rings. The molecule has 0 unspecified atom stereocenters. The van der Waals surface area contributed by atoms with E-state index in [1.165, 1.54) is 19.4 Å². The van der Waals surface area contributed by atoms with E-state index in [-0.39, 0.29) is 5.82 Å². The smallest absolute Gasteiger partial charge is 0.351 e. The molecular formula is C17H19N3O6. The molecule has 2 heterocycles. The number of benzene rings is 1. The highest BCUT2D eigenvalue weighted by Crippen LogP contribution is 2.30. The zero-order valence-electron chi connectivity index (χ0n) is 14.0. The van der Waals surface area contributed by atoms with Crippen LogP contribution in [0.2, 0.25) is 0 Å². The topological polar surface area (TPSA) is 123 Å². The number of aliphatic hydroxyl groups is 2. The predicted octanol–water partition coefficient (Wildman–Crippen LogP) is -0.239. The van der Waals surface area contributed by atoms with Gasteiger partial charge in [-0.3, -0.25) is 9.36 Å². The van der Waals surface area contributed by atoms with Crippen LogP contribution in [0, 0.1) is 0 Å². The number of aliphatic hydroxyl groups excluding tert-OH is 2. The van der Waals surface area contributed by atoms with Crippen LogP contribution in [0.5, 0.6) is 0 Å². The van der Waals surface area contributed by atoms with Crippen LogP contribution < -0.4 is 11.0 Å². The molecule has 26 heavy (non-hydrogen) atoms. The highest BCUT2D eigenvalue weighted by atomic mass is 16.6. The Morgan fingerprint density at radius 3 is 2.69 bits per heavy atom. The maximum Gasteiger partial charge on any atom is 0.351 e. The third-order valence-electron chi connectivity index (χ3n) is 4.15. The van der Waals surface area contributed by atoms with Gasteiger partial charge in [-0.15, -0.1) is 0 Å². The van der Waals surface area contributed by atoms with Crippen molar-refractivity contribution in [2.24, 2.45) is 0 Å². The average molecular weight is 361 g/mol. The first-order valence-electron chi connectivity index (χ1n) is 7.98. The van der Waals surface area contributed by atoms with Crippen LogP contribution in [0.1, 0.15) is 16.6 Å². The van der Waals surface area contributed by atoms with Crippen LogP contribution in [0.15, 0.2) is 47.4 Å². The number of carbonyl (C=O) groups excluding carboxylic acids is 1. The standard InChI is InChI=1S/C17H19N3O6/c1-25-14-13(22)11(9-21)26-16(14)20-8-7-12(19-17(20)24)18-15(23)10-5-3-2-4-6-10/h2-8,11,13-14,16,21-22H,9H2,1H3,(H,18,19,23,24)/t11-,13-,14-,16-/m0/s1. The number of carbonyl (C=O) groups is 1. The maximum atomic E-state index is 12.3. The van der Waals surface area contributed by atoms with Crippen molar-refractivity contribution in [2.45, 2.75) is 24.5 Å². The fraction of sp³-hybridized carbons (Fsp3) is 0.353. The summed E-state index contributed by atoms with van der Waals surface area (Å²) in [6.45, 7) is -0.412. The average Bonchev–Trinajstić information content (AvgIpc) is 2.98. The van der Waals surface area contributed by atoms with Gasteiger partial charge in [0.15, 0.2) is 6.23 Å². The molecule has 138 valence electrons. The quantitative estimate of drug-likeness (QED) is 0.672. The minimum atomic E-state index is -1.08. The number of nitrogens with one attached hydrogen (secondary N) is 1. The van der Waals surface area contributed by atoms with E-state index in [1.54, 1.807) is 30.3 Å². The molecule has 0 radical (unpaired) electrons. The molecule has 1 aliphatic rings. The van der Waals surface area contributed by atoms with Gasteiger partial charge in [-0.2, -0.15) is 4.98 Å². The molecule has 1 aromatic heterocycles. The van der Waals surface area contributed by atoms with E-state index in [9.17, 15) is 19.8 Å². The summed E-state index contributed by atoms with van der Waals surface area (Å²) in [5.74, 6) is -0.302. The van der Waals surface area contributed by atoms with Gasteiger partial charge in [-0.1, -0.05) is 18.2 Å². The van der Waals surface area contributed by atoms with E-state index in [4.69, 9.17) is 9.47 Å². The van der Waals surface area contributed by atoms with Crippen molar-refractivity contribution < 1.29 is 24.5 Å². The highest BCUT2D eigenvalue weighted by Gasteiger charge is 2.45. The molecular weight excluding hydrogens is 342 g/mol. The summed E-state index contributed by atoms with van der Waals surface area (Å²) < 4.78 is 11.8. The number of hydrogen-bond acceptors (Lipinski definition) is 7. The number of nitrogens with zero attached hydrogens (tertiary/aromatic N) is 2. The molecule has 0 bridgehead atoms. The molecule has 9 heteroatoms. The van der Waals surface area contributed by atoms with E-state index >= 15 is 0 Å². The molecule has 2 aromatic rings. The molecule has 9 nitrogen and oxygen atoms in total. The first kappa shape index (κ1) is 18.2. The van der Waals surface area contributed by atoms with Crippen LogP contribution in [0.25, 0.3) is 0 Å². The Morgan fingerprint density at radius 1 is 1.35 bits per heavy atom. The van der Waals surface area contributed by atoms with Gasteiger partial charge >= 0.3 is 5.69 Å². The number of aromatic nitrogens is 2. The Morgan fingerprint density at radius 2 is 2.08 bits per heavy atom. The zero-order chi connectivity index (χ0) is 18.7. The van der Waals surface area contributed by atoms with Crippen LogP contribution >= 0.6 is 0 Å². The molecule has 0 spiro atoms. The fourth-order valence-corrected chi connectivity index (χ4v) is 2.80. The van der Waals surface area contributed by atoms with Gasteiger partial charge in [0.1, 0.15) is 24.1 Å². The molecule has 3 N–H and O–H groups in total. The van der Waals surface area contributed by atoms with Crippen LogP contribution in [-0.2, 0) is 9.47 Å². The monoisotopic (exact) mass is 361 g/mol. The van der Waals surface area contributed by atoms with Gasteiger partial charge < -0.3 is 25.0 Å². The lowest BCUT2D eigenvalue weighted by Gasteiger charge is -2.20. The second-order valence-corrected chi connectivity index (χ2v) is 5.76. The fourth-order valence-electron chi connectivity index (χ4n) is 2.80. The number of amides is 1. The summed E-state index contributed by atoms with van der Waals surface area (Å²) >= 11 is 0. The molecule has 0 aliphatic carbocycles. The lowest BCUT2D eigenvalue weighted by atomic mass is 10.1. The molecule has 4 atom stereocenters. The van der Waals surface area contributed by atoms with Gasteiger partial charge in [-0.05, 0) is 18.2 Å². The SMILES string of the molecule is CO[C@H]1[C@@H](O)[C@H](CO)O[C@@H]1n1ccc(NC(=O)c2ccccc2)nc1=O. The number of methoxy groups -OCH3 is 1. The van der Waals surface area contributed by atoms with E-state index < -0.39 is 42.7 Å².